The number of rotatable bonds is 2. The maximum Gasteiger partial charge on any atom is 0.254 e. The maximum atomic E-state index is 13.7. The lowest BCUT2D eigenvalue weighted by Crippen LogP contribution is -2.44. The van der Waals surface area contributed by atoms with Gasteiger partial charge in [-0.15, -0.1) is 0 Å². The molecule has 0 saturated heterocycles. The van der Waals surface area contributed by atoms with Gasteiger partial charge in [0.1, 0.15) is 11.6 Å². The normalized spacial score (nSPS) is 22.6. The van der Waals surface area contributed by atoms with Gasteiger partial charge >= 0.3 is 0 Å². The molecular formula is C30H28N6O. The van der Waals surface area contributed by atoms with E-state index in [1.807, 2.05) is 43.6 Å². The Morgan fingerprint density at radius 2 is 2.00 bits per heavy atom. The Hall–Kier alpha value is -4.02. The molecular weight excluding hydrogens is 460 g/mol. The van der Waals surface area contributed by atoms with Crippen LogP contribution in [-0.2, 0) is 5.54 Å². The molecule has 2 aliphatic heterocycles. The molecule has 7 nitrogen and oxygen atoms in total. The fourth-order valence-electron chi connectivity index (χ4n) is 5.93. The van der Waals surface area contributed by atoms with Crippen molar-refractivity contribution in [2.45, 2.75) is 56.7 Å². The predicted molar refractivity (Wildman–Crippen MR) is 142 cm³/mol. The van der Waals surface area contributed by atoms with Crippen LogP contribution in [0.1, 0.15) is 88.4 Å². The van der Waals surface area contributed by atoms with Gasteiger partial charge < -0.3 is 15.2 Å². The van der Waals surface area contributed by atoms with E-state index in [2.05, 4.69) is 26.4 Å². The Labute approximate surface area is 220 Å². The molecule has 2 N–H and O–H groups in total. The van der Waals surface area contributed by atoms with Crippen LogP contribution in [0.3, 0.4) is 0 Å². The van der Waals surface area contributed by atoms with Crippen LogP contribution >= 0.6 is 0 Å². The minimum Gasteiger partial charge on any atom is -0.331 e. The lowest BCUT2D eigenvalue weighted by molar-refractivity contribution is 0.0734. The molecule has 2 atom stereocenters. The second-order valence-electron chi connectivity index (χ2n) is 10.2. The number of carbonyl (C=O) groups excluding carboxylic acids is 1. The molecule has 3 aliphatic rings. The number of carbonyl (C=O) groups is 1. The first-order chi connectivity index (χ1) is 19.2. The molecule has 37 heavy (non-hydrogen) atoms. The second-order valence-corrected chi connectivity index (χ2v) is 10.2. The van der Waals surface area contributed by atoms with Crippen LogP contribution in [0, 0.1) is 11.8 Å². The third kappa shape index (κ3) is 3.19. The zero-order valence-corrected chi connectivity index (χ0v) is 20.5. The highest BCUT2D eigenvalue weighted by Gasteiger charge is 2.44. The Morgan fingerprint density at radius 3 is 2.73 bits per heavy atom. The van der Waals surface area contributed by atoms with E-state index in [0.29, 0.717) is 30.1 Å². The summed E-state index contributed by atoms with van der Waals surface area (Å²) in [5.74, 6) is 7.08. The third-order valence-electron chi connectivity index (χ3n) is 8.05. The average Bonchev–Trinajstić information content (AvgIpc) is 3.42. The van der Waals surface area contributed by atoms with Crippen LogP contribution in [0.5, 0.6) is 0 Å². The summed E-state index contributed by atoms with van der Waals surface area (Å²) in [4.78, 5) is 28.8. The number of aromatic nitrogens is 4. The first kappa shape index (κ1) is 19.1. The van der Waals surface area contributed by atoms with Crippen molar-refractivity contribution in [1.82, 2.24) is 24.4 Å². The topological polar surface area (TPSA) is 89.9 Å². The zero-order chi connectivity index (χ0) is 27.8. The lowest BCUT2D eigenvalue weighted by Gasteiger charge is -2.36. The molecule has 184 valence electrons. The molecule has 1 aliphatic carbocycles. The SMILES string of the molecule is [2H]C([2H])([2H])N1C(=O)c2cccc(C#CCC)c2[C@H]2C[C@@H]1c1nc3ccc(-c4cnc(C5(N)CCC5)nc4)cc3n12. The van der Waals surface area contributed by atoms with E-state index in [4.69, 9.17) is 14.8 Å². The van der Waals surface area contributed by atoms with Crippen molar-refractivity contribution in [2.24, 2.45) is 5.73 Å². The highest BCUT2D eigenvalue weighted by molar-refractivity contribution is 5.98. The molecule has 0 spiro atoms. The summed E-state index contributed by atoms with van der Waals surface area (Å²) in [6, 6.07) is 10.4. The zero-order valence-electron chi connectivity index (χ0n) is 23.5. The van der Waals surface area contributed by atoms with E-state index >= 15 is 0 Å². The minimum absolute atomic E-state index is 0.289. The number of amides is 1. The van der Waals surface area contributed by atoms with Gasteiger partial charge in [0.15, 0.2) is 0 Å². The van der Waals surface area contributed by atoms with Gasteiger partial charge in [-0.1, -0.05) is 30.9 Å². The fraction of sp³-hybridized carbons (Fsp3) is 0.333. The molecule has 1 fully saturated rings. The quantitative estimate of drug-likeness (QED) is 0.410. The highest BCUT2D eigenvalue weighted by atomic mass is 16.2. The molecule has 2 aromatic heterocycles. The van der Waals surface area contributed by atoms with Crippen molar-refractivity contribution in [2.75, 3.05) is 6.98 Å². The summed E-state index contributed by atoms with van der Waals surface area (Å²) in [5.41, 5.74) is 11.2. The molecule has 0 unspecified atom stereocenters. The van der Waals surface area contributed by atoms with E-state index in [-0.39, 0.29) is 6.04 Å². The largest absolute Gasteiger partial charge is 0.331 e. The number of imidazole rings is 1. The van der Waals surface area contributed by atoms with Crippen LogP contribution in [-0.4, -0.2) is 37.3 Å². The Kier molecular flexibility index (Phi) is 4.13. The smallest absolute Gasteiger partial charge is 0.254 e. The first-order valence-electron chi connectivity index (χ1n) is 14.3. The van der Waals surface area contributed by atoms with E-state index < -0.39 is 24.5 Å². The Morgan fingerprint density at radius 1 is 1.16 bits per heavy atom. The summed E-state index contributed by atoms with van der Waals surface area (Å²) in [6.07, 6.45) is 7.58. The van der Waals surface area contributed by atoms with Crippen LogP contribution < -0.4 is 5.73 Å². The lowest BCUT2D eigenvalue weighted by atomic mass is 9.77. The number of fused-ring (bicyclic) bond motifs is 9. The van der Waals surface area contributed by atoms with Crippen molar-refractivity contribution in [1.29, 1.82) is 0 Å². The van der Waals surface area contributed by atoms with Gasteiger partial charge in [0.25, 0.3) is 5.91 Å². The van der Waals surface area contributed by atoms with Crippen LogP contribution in [0.4, 0.5) is 0 Å². The van der Waals surface area contributed by atoms with Crippen molar-refractivity contribution in [3.8, 4) is 23.0 Å². The molecule has 2 bridgehead atoms. The first-order valence-corrected chi connectivity index (χ1v) is 12.8. The summed E-state index contributed by atoms with van der Waals surface area (Å²) in [5, 5.41) is 0. The van der Waals surface area contributed by atoms with Crippen LogP contribution in [0.15, 0.2) is 48.8 Å². The van der Waals surface area contributed by atoms with Crippen LogP contribution in [0.25, 0.3) is 22.2 Å². The van der Waals surface area contributed by atoms with E-state index in [9.17, 15) is 4.79 Å². The molecule has 2 aromatic carbocycles. The second kappa shape index (κ2) is 7.99. The van der Waals surface area contributed by atoms with Crippen molar-refractivity contribution < 1.29 is 8.91 Å². The maximum absolute atomic E-state index is 13.7. The highest BCUT2D eigenvalue weighted by Crippen LogP contribution is 2.48. The molecule has 4 heterocycles. The molecule has 7 rings (SSSR count). The predicted octanol–water partition coefficient (Wildman–Crippen LogP) is 4.71. The molecule has 7 heteroatoms. The standard InChI is InChI=1S/C30H28N6O/c1-3-4-7-18-8-5-9-21-26(18)24-15-25(35(2)28(21)37)27-34-22-11-10-19(14-23(22)36(24)27)20-16-32-29(33-17-20)30(31)12-6-13-30/h5,8-11,14,16-17,24-25H,3,6,12-13,15,31H2,1-2H3/t24-,25-/m1/s1/i2D3. The summed E-state index contributed by atoms with van der Waals surface area (Å²) in [7, 11) is 0. The number of nitrogens with two attached hydrogens (primary N) is 1. The summed E-state index contributed by atoms with van der Waals surface area (Å²) < 4.78 is 26.9. The van der Waals surface area contributed by atoms with E-state index in [1.165, 1.54) is 0 Å². The van der Waals surface area contributed by atoms with Crippen molar-refractivity contribution in [3.05, 3.63) is 77.1 Å². The number of hydrogen-bond acceptors (Lipinski definition) is 5. The molecule has 4 aromatic rings. The fourth-order valence-corrected chi connectivity index (χ4v) is 5.93. The number of hydrogen-bond donors (Lipinski definition) is 1. The van der Waals surface area contributed by atoms with Gasteiger partial charge in [0, 0.05) is 58.6 Å². The van der Waals surface area contributed by atoms with E-state index in [0.717, 1.165) is 57.4 Å². The van der Waals surface area contributed by atoms with Gasteiger partial charge in [0.05, 0.1) is 28.7 Å². The Balaban J connectivity index is 1.41. The van der Waals surface area contributed by atoms with Gasteiger partial charge in [-0.05, 0) is 49.1 Å². The molecule has 1 saturated carbocycles. The Bertz CT molecular complexity index is 1740. The third-order valence-corrected chi connectivity index (χ3v) is 8.05. The summed E-state index contributed by atoms with van der Waals surface area (Å²) >= 11 is 0. The minimum atomic E-state index is -2.63. The summed E-state index contributed by atoms with van der Waals surface area (Å²) in [6.45, 7) is -0.655. The van der Waals surface area contributed by atoms with Crippen molar-refractivity contribution >= 4 is 16.9 Å². The van der Waals surface area contributed by atoms with Gasteiger partial charge in [-0.2, -0.15) is 0 Å². The van der Waals surface area contributed by atoms with E-state index in [1.54, 1.807) is 12.1 Å². The molecule has 1 amide bonds. The van der Waals surface area contributed by atoms with Crippen molar-refractivity contribution in [3.63, 3.8) is 0 Å². The molecule has 0 radical (unpaired) electrons. The average molecular weight is 492 g/mol. The van der Waals surface area contributed by atoms with Gasteiger partial charge in [-0.25, -0.2) is 15.0 Å². The monoisotopic (exact) mass is 491 g/mol. The van der Waals surface area contributed by atoms with Gasteiger partial charge in [0.2, 0.25) is 0 Å². The number of benzene rings is 2. The van der Waals surface area contributed by atoms with Gasteiger partial charge in [-0.3, -0.25) is 4.79 Å². The number of nitrogens with zero attached hydrogens (tertiary/aromatic N) is 5. The van der Waals surface area contributed by atoms with Crippen LogP contribution in [0.2, 0.25) is 0 Å².